The molecule has 0 saturated carbocycles. The minimum absolute atomic E-state index is 0.297. The zero-order chi connectivity index (χ0) is 19.4. The number of hydrogen-bond donors (Lipinski definition) is 0. The first kappa shape index (κ1) is 17.4. The van der Waals surface area contributed by atoms with E-state index < -0.39 is 15.6 Å². The number of carbonyl (C=O) groups is 1. The molecule has 1 saturated heterocycles. The fourth-order valence-corrected chi connectivity index (χ4v) is 5.76. The summed E-state index contributed by atoms with van der Waals surface area (Å²) >= 11 is 0. The number of nitrogens with zero attached hydrogens (tertiary/aromatic N) is 1. The van der Waals surface area contributed by atoms with E-state index in [0.29, 0.717) is 36.4 Å². The Kier molecular flexibility index (Phi) is 3.82. The molecule has 2 aliphatic rings. The van der Waals surface area contributed by atoms with Gasteiger partial charge in [0.25, 0.3) is 0 Å². The number of ether oxygens (including phenoxy) is 1. The summed E-state index contributed by atoms with van der Waals surface area (Å²) in [6.45, 7) is 0.632. The zero-order valence-electron chi connectivity index (χ0n) is 15.2. The van der Waals surface area contributed by atoms with Crippen LogP contribution >= 0.6 is 0 Å². The van der Waals surface area contributed by atoms with E-state index in [1.165, 1.54) is 4.31 Å². The molecule has 2 aliphatic heterocycles. The summed E-state index contributed by atoms with van der Waals surface area (Å²) in [6, 6.07) is 20.3. The first-order valence-corrected chi connectivity index (χ1v) is 10.8. The first-order chi connectivity index (χ1) is 13.5. The predicted molar refractivity (Wildman–Crippen MR) is 105 cm³/mol. The van der Waals surface area contributed by atoms with Crippen LogP contribution in [0.2, 0.25) is 0 Å². The van der Waals surface area contributed by atoms with Gasteiger partial charge in [0.15, 0.2) is 0 Å². The third kappa shape index (κ3) is 2.56. The standard InChI is InChI=1S/C22H19NO4S/c24-21-19-7-3-4-8-20(19)22(27-21)11-13-23(14-12-22)28(25,26)18-10-9-16-5-1-2-6-17(16)15-18/h1-10,15H,11-14H2. The first-order valence-electron chi connectivity index (χ1n) is 9.31. The van der Waals surface area contributed by atoms with Gasteiger partial charge < -0.3 is 4.74 Å². The Morgan fingerprint density at radius 3 is 2.32 bits per heavy atom. The highest BCUT2D eigenvalue weighted by Gasteiger charge is 2.48. The maximum absolute atomic E-state index is 13.2. The SMILES string of the molecule is O=C1OC2(CCN(S(=O)(=O)c3ccc4ccccc4c3)CC2)c2ccccc21. The summed E-state index contributed by atoms with van der Waals surface area (Å²) in [5.41, 5.74) is 0.763. The number of fused-ring (bicyclic) bond motifs is 3. The highest BCUT2D eigenvalue weighted by atomic mass is 32.2. The number of carbonyl (C=O) groups excluding carboxylic acids is 1. The maximum atomic E-state index is 13.2. The van der Waals surface area contributed by atoms with Gasteiger partial charge >= 0.3 is 5.97 Å². The van der Waals surface area contributed by atoms with Crippen LogP contribution in [0.5, 0.6) is 0 Å². The summed E-state index contributed by atoms with van der Waals surface area (Å²) in [5.74, 6) is -0.318. The molecule has 5 rings (SSSR count). The predicted octanol–water partition coefficient (Wildman–Crippen LogP) is 3.69. The fourth-order valence-electron chi connectivity index (χ4n) is 4.28. The number of sulfonamides is 1. The van der Waals surface area contributed by atoms with Crippen molar-refractivity contribution in [2.24, 2.45) is 0 Å². The summed E-state index contributed by atoms with van der Waals surface area (Å²) in [4.78, 5) is 12.5. The Morgan fingerprint density at radius 1 is 0.857 bits per heavy atom. The van der Waals surface area contributed by atoms with E-state index in [-0.39, 0.29) is 5.97 Å². The molecule has 3 aromatic carbocycles. The number of hydrogen-bond acceptors (Lipinski definition) is 4. The smallest absolute Gasteiger partial charge is 0.339 e. The van der Waals surface area contributed by atoms with E-state index in [1.54, 1.807) is 18.2 Å². The van der Waals surface area contributed by atoms with E-state index in [4.69, 9.17) is 4.74 Å². The van der Waals surface area contributed by atoms with Crippen LogP contribution in [0.15, 0.2) is 71.6 Å². The van der Waals surface area contributed by atoms with Crippen molar-refractivity contribution in [3.63, 3.8) is 0 Å². The van der Waals surface area contributed by atoms with E-state index in [0.717, 1.165) is 16.3 Å². The molecule has 0 aromatic heterocycles. The van der Waals surface area contributed by atoms with Crippen molar-refractivity contribution >= 4 is 26.8 Å². The molecule has 1 fully saturated rings. The van der Waals surface area contributed by atoms with Gasteiger partial charge in [0, 0.05) is 31.5 Å². The van der Waals surface area contributed by atoms with Crippen molar-refractivity contribution < 1.29 is 17.9 Å². The molecule has 3 aromatic rings. The van der Waals surface area contributed by atoms with E-state index in [1.807, 2.05) is 48.5 Å². The molecule has 5 nitrogen and oxygen atoms in total. The van der Waals surface area contributed by atoms with E-state index in [9.17, 15) is 13.2 Å². The quantitative estimate of drug-likeness (QED) is 0.623. The van der Waals surface area contributed by atoms with Crippen molar-refractivity contribution in [3.05, 3.63) is 77.9 Å². The molecule has 0 bridgehead atoms. The minimum atomic E-state index is -3.60. The second-order valence-corrected chi connectivity index (χ2v) is 9.28. The van der Waals surface area contributed by atoms with Gasteiger partial charge in [-0.3, -0.25) is 0 Å². The Balaban J connectivity index is 1.43. The van der Waals surface area contributed by atoms with Gasteiger partial charge in [-0.15, -0.1) is 0 Å². The average molecular weight is 393 g/mol. The number of piperidine rings is 1. The van der Waals surface area contributed by atoms with Crippen LogP contribution in [0.4, 0.5) is 0 Å². The van der Waals surface area contributed by atoms with Crippen LogP contribution in [0.25, 0.3) is 10.8 Å². The summed E-state index contributed by atoms with van der Waals surface area (Å²) in [5, 5.41) is 1.91. The summed E-state index contributed by atoms with van der Waals surface area (Å²) in [7, 11) is -3.60. The van der Waals surface area contributed by atoms with Gasteiger partial charge in [-0.05, 0) is 29.0 Å². The monoisotopic (exact) mass is 393 g/mol. The van der Waals surface area contributed by atoms with Crippen LogP contribution in [0.1, 0.15) is 28.8 Å². The van der Waals surface area contributed by atoms with Crippen molar-refractivity contribution in [2.75, 3.05) is 13.1 Å². The summed E-state index contributed by atoms with van der Waals surface area (Å²) in [6.07, 6.45) is 0.922. The minimum Gasteiger partial charge on any atom is -0.450 e. The van der Waals surface area contributed by atoms with Crippen molar-refractivity contribution in [1.82, 2.24) is 4.31 Å². The van der Waals surface area contributed by atoms with Crippen molar-refractivity contribution in [1.29, 1.82) is 0 Å². The molecule has 0 aliphatic carbocycles. The fraction of sp³-hybridized carbons (Fsp3) is 0.227. The summed E-state index contributed by atoms with van der Waals surface area (Å²) < 4.78 is 33.5. The molecule has 28 heavy (non-hydrogen) atoms. The molecule has 6 heteroatoms. The Morgan fingerprint density at radius 2 is 1.54 bits per heavy atom. The Labute approximate surface area is 163 Å². The zero-order valence-corrected chi connectivity index (χ0v) is 16.0. The molecule has 0 radical (unpaired) electrons. The largest absolute Gasteiger partial charge is 0.450 e. The normalized spacial score (nSPS) is 18.9. The molecular formula is C22H19NO4S. The number of esters is 1. The molecule has 2 heterocycles. The molecule has 0 N–H and O–H groups in total. The highest BCUT2D eigenvalue weighted by molar-refractivity contribution is 7.89. The lowest BCUT2D eigenvalue weighted by Crippen LogP contribution is -2.45. The average Bonchev–Trinajstić information content (AvgIpc) is 3.00. The van der Waals surface area contributed by atoms with Gasteiger partial charge in [0.1, 0.15) is 5.60 Å². The Hall–Kier alpha value is -2.70. The third-order valence-corrected chi connectivity index (χ3v) is 7.71. The topological polar surface area (TPSA) is 63.7 Å². The van der Waals surface area contributed by atoms with Crippen molar-refractivity contribution in [3.8, 4) is 0 Å². The van der Waals surface area contributed by atoms with Gasteiger partial charge in [0.05, 0.1) is 10.5 Å². The van der Waals surface area contributed by atoms with Gasteiger partial charge in [0.2, 0.25) is 10.0 Å². The van der Waals surface area contributed by atoms with Gasteiger partial charge in [-0.1, -0.05) is 48.5 Å². The van der Waals surface area contributed by atoms with Crippen LogP contribution in [0.3, 0.4) is 0 Å². The van der Waals surface area contributed by atoms with Gasteiger partial charge in [-0.25, -0.2) is 13.2 Å². The lowest BCUT2D eigenvalue weighted by atomic mass is 9.84. The van der Waals surface area contributed by atoms with Crippen molar-refractivity contribution in [2.45, 2.75) is 23.3 Å². The molecule has 142 valence electrons. The number of benzene rings is 3. The van der Waals surface area contributed by atoms with Crippen LogP contribution < -0.4 is 0 Å². The Bertz CT molecular complexity index is 1190. The second kappa shape index (κ2) is 6.15. The van der Waals surface area contributed by atoms with Crippen LogP contribution in [0, 0.1) is 0 Å². The molecular weight excluding hydrogens is 374 g/mol. The maximum Gasteiger partial charge on any atom is 0.339 e. The number of rotatable bonds is 2. The second-order valence-electron chi connectivity index (χ2n) is 7.34. The highest BCUT2D eigenvalue weighted by Crippen LogP contribution is 2.44. The van der Waals surface area contributed by atoms with Crippen LogP contribution in [-0.2, 0) is 20.4 Å². The van der Waals surface area contributed by atoms with E-state index >= 15 is 0 Å². The lowest BCUT2D eigenvalue weighted by molar-refractivity contribution is -0.0329. The molecule has 1 spiro atoms. The lowest BCUT2D eigenvalue weighted by Gasteiger charge is -2.37. The van der Waals surface area contributed by atoms with E-state index in [2.05, 4.69) is 0 Å². The molecule has 0 atom stereocenters. The molecule has 0 unspecified atom stereocenters. The third-order valence-electron chi connectivity index (χ3n) is 5.81. The molecule has 0 amide bonds. The van der Waals surface area contributed by atoms with Crippen LogP contribution in [-0.4, -0.2) is 31.8 Å². The van der Waals surface area contributed by atoms with Gasteiger partial charge in [-0.2, -0.15) is 4.31 Å².